The number of alkyl halides is 3. The van der Waals surface area contributed by atoms with E-state index in [2.05, 4.69) is 10.4 Å². The zero-order valence-corrected chi connectivity index (χ0v) is 13.1. The number of ether oxygens (including phenoxy) is 1. The molecule has 0 aliphatic heterocycles. The monoisotopic (exact) mass is 358 g/mol. The van der Waals surface area contributed by atoms with Crippen molar-refractivity contribution in [3.8, 4) is 5.75 Å². The number of nitrogens with zero attached hydrogens (tertiary/aromatic N) is 3. The van der Waals surface area contributed by atoms with Crippen LogP contribution in [0.3, 0.4) is 0 Å². The number of halogens is 3. The number of carbonyl (C=O) groups is 1. The summed E-state index contributed by atoms with van der Waals surface area (Å²) in [5.74, 6) is -0.732. The van der Waals surface area contributed by atoms with Gasteiger partial charge < -0.3 is 10.1 Å². The number of anilines is 1. The van der Waals surface area contributed by atoms with Crippen molar-refractivity contribution in [2.45, 2.75) is 13.1 Å². The van der Waals surface area contributed by atoms with Gasteiger partial charge in [0.2, 0.25) is 0 Å². The van der Waals surface area contributed by atoms with Gasteiger partial charge in [-0.3, -0.25) is 19.6 Å². The van der Waals surface area contributed by atoms with Crippen LogP contribution >= 0.6 is 0 Å². The molecule has 0 saturated carbocycles. The van der Waals surface area contributed by atoms with Crippen LogP contribution in [0.4, 0.5) is 24.5 Å². The van der Waals surface area contributed by atoms with Crippen molar-refractivity contribution in [1.82, 2.24) is 9.78 Å². The van der Waals surface area contributed by atoms with Crippen LogP contribution in [0.15, 0.2) is 24.3 Å². The van der Waals surface area contributed by atoms with E-state index in [4.69, 9.17) is 4.74 Å². The Morgan fingerprint density at radius 2 is 2.08 bits per heavy atom. The second-order valence-corrected chi connectivity index (χ2v) is 4.86. The predicted molar refractivity (Wildman–Crippen MR) is 80.4 cm³/mol. The van der Waals surface area contributed by atoms with E-state index in [0.29, 0.717) is 6.07 Å². The summed E-state index contributed by atoms with van der Waals surface area (Å²) in [5, 5.41) is 16.6. The van der Waals surface area contributed by atoms with Crippen molar-refractivity contribution >= 4 is 17.3 Å². The molecule has 25 heavy (non-hydrogen) atoms. The zero-order chi connectivity index (χ0) is 18.8. The maximum Gasteiger partial charge on any atom is 0.435 e. The molecule has 1 amide bonds. The maximum atomic E-state index is 12.6. The molecule has 2 rings (SSSR count). The van der Waals surface area contributed by atoms with E-state index in [9.17, 15) is 28.1 Å². The standard InChI is InChI=1S/C14H13F3N4O4/c1-3-25-8-4-5-9(10(6-8)21(23)24)18-13(22)11-7-12(14(15,16)17)19-20(11)2/h4-7H,3H2,1-2H3,(H,18,22). The Hall–Kier alpha value is -3.11. The lowest BCUT2D eigenvalue weighted by molar-refractivity contribution is -0.384. The van der Waals surface area contributed by atoms with Crippen molar-refractivity contribution < 1.29 is 27.6 Å². The summed E-state index contributed by atoms with van der Waals surface area (Å²) in [6.07, 6.45) is -4.71. The first-order valence-corrected chi connectivity index (χ1v) is 6.97. The highest BCUT2D eigenvalue weighted by atomic mass is 19.4. The van der Waals surface area contributed by atoms with Crippen LogP contribution < -0.4 is 10.1 Å². The number of benzene rings is 1. The topological polar surface area (TPSA) is 99.3 Å². The number of nitro benzene ring substituents is 1. The zero-order valence-electron chi connectivity index (χ0n) is 13.1. The number of hydrogen-bond donors (Lipinski definition) is 1. The van der Waals surface area contributed by atoms with Crippen molar-refractivity contribution in [1.29, 1.82) is 0 Å². The van der Waals surface area contributed by atoms with Crippen molar-refractivity contribution in [2.75, 3.05) is 11.9 Å². The largest absolute Gasteiger partial charge is 0.494 e. The lowest BCUT2D eigenvalue weighted by atomic mass is 10.2. The molecule has 0 fully saturated rings. The third kappa shape index (κ3) is 4.05. The average Bonchev–Trinajstić information content (AvgIpc) is 2.91. The van der Waals surface area contributed by atoms with Crippen LogP contribution in [-0.2, 0) is 13.2 Å². The summed E-state index contributed by atoms with van der Waals surface area (Å²) in [6, 6.07) is 4.32. The Labute approximate surface area is 139 Å². The second-order valence-electron chi connectivity index (χ2n) is 4.86. The van der Waals surface area contributed by atoms with Gasteiger partial charge in [-0.1, -0.05) is 0 Å². The van der Waals surface area contributed by atoms with E-state index >= 15 is 0 Å². The smallest absolute Gasteiger partial charge is 0.435 e. The van der Waals surface area contributed by atoms with Gasteiger partial charge in [-0.25, -0.2) is 0 Å². The molecular weight excluding hydrogens is 345 g/mol. The Balaban J connectivity index is 2.32. The average molecular weight is 358 g/mol. The number of aryl methyl sites for hydroxylation is 1. The van der Waals surface area contributed by atoms with E-state index in [-0.39, 0.29) is 18.0 Å². The van der Waals surface area contributed by atoms with Crippen molar-refractivity contribution in [3.63, 3.8) is 0 Å². The van der Waals surface area contributed by atoms with Gasteiger partial charge in [0.25, 0.3) is 11.6 Å². The molecule has 0 aliphatic rings. The molecule has 0 atom stereocenters. The maximum absolute atomic E-state index is 12.6. The molecule has 1 heterocycles. The van der Waals surface area contributed by atoms with Crippen LogP contribution in [-0.4, -0.2) is 27.2 Å². The normalized spacial score (nSPS) is 11.2. The van der Waals surface area contributed by atoms with E-state index in [0.717, 1.165) is 17.8 Å². The number of carbonyl (C=O) groups excluding carboxylic acids is 1. The molecule has 134 valence electrons. The summed E-state index contributed by atoms with van der Waals surface area (Å²) in [7, 11) is 1.16. The van der Waals surface area contributed by atoms with Gasteiger partial charge in [-0.15, -0.1) is 0 Å². The molecule has 0 radical (unpaired) electrons. The Bertz CT molecular complexity index is 817. The summed E-state index contributed by atoms with van der Waals surface area (Å²) in [6.45, 7) is 1.99. The van der Waals surface area contributed by atoms with Gasteiger partial charge in [-0.05, 0) is 19.1 Å². The molecular formula is C14H13F3N4O4. The minimum atomic E-state index is -4.71. The van der Waals surface area contributed by atoms with Gasteiger partial charge in [0, 0.05) is 13.1 Å². The quantitative estimate of drug-likeness (QED) is 0.654. The van der Waals surface area contributed by atoms with Crippen LogP contribution in [0.2, 0.25) is 0 Å². The lowest BCUT2D eigenvalue weighted by Crippen LogP contribution is -2.16. The van der Waals surface area contributed by atoms with Crippen molar-refractivity contribution in [3.05, 3.63) is 45.8 Å². The number of amides is 1. The molecule has 8 nitrogen and oxygen atoms in total. The first-order valence-electron chi connectivity index (χ1n) is 6.97. The molecule has 0 spiro atoms. The van der Waals surface area contributed by atoms with Gasteiger partial charge in [-0.2, -0.15) is 18.3 Å². The molecule has 11 heteroatoms. The van der Waals surface area contributed by atoms with Gasteiger partial charge >= 0.3 is 6.18 Å². The van der Waals surface area contributed by atoms with Gasteiger partial charge in [0.1, 0.15) is 17.1 Å². The Morgan fingerprint density at radius 1 is 1.40 bits per heavy atom. The first kappa shape index (κ1) is 18.2. The van der Waals surface area contributed by atoms with Crippen LogP contribution in [0, 0.1) is 10.1 Å². The molecule has 1 aromatic carbocycles. The van der Waals surface area contributed by atoms with Crippen LogP contribution in [0.1, 0.15) is 23.1 Å². The number of hydrogen-bond acceptors (Lipinski definition) is 5. The number of nitro groups is 1. The summed E-state index contributed by atoms with van der Waals surface area (Å²) >= 11 is 0. The van der Waals surface area contributed by atoms with Crippen LogP contribution in [0.5, 0.6) is 5.75 Å². The Morgan fingerprint density at radius 3 is 2.60 bits per heavy atom. The summed E-state index contributed by atoms with van der Waals surface area (Å²) < 4.78 is 43.8. The highest BCUT2D eigenvalue weighted by Crippen LogP contribution is 2.31. The molecule has 0 bridgehead atoms. The summed E-state index contributed by atoms with van der Waals surface area (Å²) in [4.78, 5) is 22.6. The second kappa shape index (κ2) is 6.79. The SMILES string of the molecule is CCOc1ccc(NC(=O)c2cc(C(F)(F)F)nn2C)c([N+](=O)[O-])c1. The molecule has 0 unspecified atom stereocenters. The fraction of sp³-hybridized carbons (Fsp3) is 0.286. The van der Waals surface area contributed by atoms with Gasteiger partial charge in [0.05, 0.1) is 17.6 Å². The number of nitrogens with one attached hydrogen (secondary N) is 1. The minimum Gasteiger partial charge on any atom is -0.494 e. The summed E-state index contributed by atoms with van der Waals surface area (Å²) in [5.41, 5.74) is -2.25. The van der Waals surface area contributed by atoms with E-state index in [1.165, 1.54) is 12.1 Å². The van der Waals surface area contributed by atoms with Gasteiger partial charge in [0.15, 0.2) is 5.69 Å². The Kier molecular flexibility index (Phi) is 4.95. The fourth-order valence-electron chi connectivity index (χ4n) is 2.03. The molecule has 1 aromatic heterocycles. The highest BCUT2D eigenvalue weighted by molar-refractivity contribution is 6.04. The van der Waals surface area contributed by atoms with E-state index in [1.807, 2.05) is 0 Å². The highest BCUT2D eigenvalue weighted by Gasteiger charge is 2.35. The molecule has 2 aromatic rings. The number of rotatable bonds is 5. The van der Waals surface area contributed by atoms with Crippen LogP contribution in [0.25, 0.3) is 0 Å². The lowest BCUT2D eigenvalue weighted by Gasteiger charge is -2.08. The third-order valence-electron chi connectivity index (χ3n) is 3.13. The van der Waals surface area contributed by atoms with E-state index in [1.54, 1.807) is 6.92 Å². The third-order valence-corrected chi connectivity index (χ3v) is 3.13. The number of aromatic nitrogens is 2. The van der Waals surface area contributed by atoms with E-state index < -0.39 is 34.1 Å². The molecule has 1 N–H and O–H groups in total. The fourth-order valence-corrected chi connectivity index (χ4v) is 2.03. The molecule has 0 saturated heterocycles. The molecule has 0 aliphatic carbocycles. The predicted octanol–water partition coefficient (Wildman–Crippen LogP) is 3.00. The van der Waals surface area contributed by atoms with Crippen molar-refractivity contribution in [2.24, 2.45) is 7.05 Å². The minimum absolute atomic E-state index is 0.173. The first-order chi connectivity index (χ1) is 11.6.